The standard InChI is InChI=1S/C14H29N3O2/c1-12(18)7-8-15-13(19)16-11-14(2,3)17-9-5-4-6-10-17/h12,18H,4-11H2,1-3H3,(H2,15,16,19). The first-order chi connectivity index (χ1) is 8.92. The number of piperidine rings is 1. The number of nitrogens with zero attached hydrogens (tertiary/aromatic N) is 1. The number of aliphatic hydroxyl groups is 1. The van der Waals surface area contributed by atoms with Gasteiger partial charge in [-0.25, -0.2) is 4.79 Å². The molecule has 0 aromatic heterocycles. The Kier molecular flexibility index (Phi) is 6.58. The Labute approximate surface area is 116 Å². The summed E-state index contributed by atoms with van der Waals surface area (Å²) in [5.41, 5.74) is 0.00201. The van der Waals surface area contributed by atoms with Crippen LogP contribution in [0.25, 0.3) is 0 Å². The highest BCUT2D eigenvalue weighted by molar-refractivity contribution is 5.73. The molecule has 1 heterocycles. The van der Waals surface area contributed by atoms with Gasteiger partial charge in [-0.15, -0.1) is 0 Å². The zero-order valence-corrected chi connectivity index (χ0v) is 12.5. The van der Waals surface area contributed by atoms with Crippen molar-refractivity contribution in [2.45, 2.75) is 58.1 Å². The molecular formula is C14H29N3O2. The molecule has 0 saturated carbocycles. The minimum atomic E-state index is -0.370. The summed E-state index contributed by atoms with van der Waals surface area (Å²) >= 11 is 0. The van der Waals surface area contributed by atoms with E-state index in [1.165, 1.54) is 19.3 Å². The number of aliphatic hydroxyl groups excluding tert-OH is 1. The van der Waals surface area contributed by atoms with Crippen LogP contribution in [0.3, 0.4) is 0 Å². The molecule has 1 aliphatic heterocycles. The molecule has 0 radical (unpaired) electrons. The topological polar surface area (TPSA) is 64.6 Å². The van der Waals surface area contributed by atoms with Crippen LogP contribution in [0.2, 0.25) is 0 Å². The molecule has 5 nitrogen and oxygen atoms in total. The van der Waals surface area contributed by atoms with Crippen molar-refractivity contribution < 1.29 is 9.90 Å². The number of likely N-dealkylation sites (tertiary alicyclic amines) is 1. The van der Waals surface area contributed by atoms with E-state index in [0.717, 1.165) is 13.1 Å². The lowest BCUT2D eigenvalue weighted by atomic mass is 9.98. The van der Waals surface area contributed by atoms with Gasteiger partial charge in [-0.1, -0.05) is 6.42 Å². The first-order valence-corrected chi connectivity index (χ1v) is 7.36. The summed E-state index contributed by atoms with van der Waals surface area (Å²) in [7, 11) is 0. The molecule has 112 valence electrons. The zero-order valence-electron chi connectivity index (χ0n) is 12.5. The van der Waals surface area contributed by atoms with Crippen LogP contribution in [0.1, 0.15) is 46.5 Å². The van der Waals surface area contributed by atoms with Gasteiger partial charge in [0.15, 0.2) is 0 Å². The van der Waals surface area contributed by atoms with Gasteiger partial charge < -0.3 is 15.7 Å². The number of rotatable bonds is 6. The minimum Gasteiger partial charge on any atom is -0.393 e. The summed E-state index contributed by atoms with van der Waals surface area (Å²) in [6.07, 6.45) is 4.04. The second-order valence-electron chi connectivity index (χ2n) is 6.11. The van der Waals surface area contributed by atoms with Crippen LogP contribution >= 0.6 is 0 Å². The van der Waals surface area contributed by atoms with Crippen molar-refractivity contribution in [3.05, 3.63) is 0 Å². The number of amides is 2. The molecule has 1 rings (SSSR count). The predicted octanol–water partition coefficient (Wildman–Crippen LogP) is 1.32. The van der Waals surface area contributed by atoms with Gasteiger partial charge in [0.25, 0.3) is 0 Å². The van der Waals surface area contributed by atoms with Crippen molar-refractivity contribution in [1.29, 1.82) is 0 Å². The maximum absolute atomic E-state index is 11.6. The van der Waals surface area contributed by atoms with Crippen LogP contribution in [0.4, 0.5) is 4.79 Å². The van der Waals surface area contributed by atoms with Crippen molar-refractivity contribution in [1.82, 2.24) is 15.5 Å². The first-order valence-electron chi connectivity index (χ1n) is 7.36. The lowest BCUT2D eigenvalue weighted by Gasteiger charge is -2.41. The molecule has 1 fully saturated rings. The third-order valence-corrected chi connectivity index (χ3v) is 3.74. The van der Waals surface area contributed by atoms with Crippen molar-refractivity contribution >= 4 is 6.03 Å². The van der Waals surface area contributed by atoms with Gasteiger partial charge in [-0.3, -0.25) is 4.90 Å². The summed E-state index contributed by atoms with van der Waals surface area (Å²) in [6.45, 7) is 9.47. The lowest BCUT2D eigenvalue weighted by molar-refractivity contribution is 0.0959. The third kappa shape index (κ3) is 6.25. The van der Waals surface area contributed by atoms with E-state index in [4.69, 9.17) is 5.11 Å². The van der Waals surface area contributed by atoms with Crippen LogP contribution < -0.4 is 10.6 Å². The highest BCUT2D eigenvalue weighted by atomic mass is 16.3. The fourth-order valence-electron chi connectivity index (χ4n) is 2.36. The molecule has 1 unspecified atom stereocenters. The lowest BCUT2D eigenvalue weighted by Crippen LogP contribution is -2.54. The van der Waals surface area contributed by atoms with E-state index in [0.29, 0.717) is 19.5 Å². The van der Waals surface area contributed by atoms with E-state index >= 15 is 0 Å². The maximum atomic E-state index is 11.6. The second kappa shape index (κ2) is 7.70. The molecule has 2 amide bonds. The molecule has 0 spiro atoms. The van der Waals surface area contributed by atoms with E-state index in [1.54, 1.807) is 6.92 Å². The molecule has 0 aromatic rings. The van der Waals surface area contributed by atoms with Crippen molar-refractivity contribution in [3.63, 3.8) is 0 Å². The van der Waals surface area contributed by atoms with E-state index in [1.807, 2.05) is 0 Å². The fourth-order valence-corrected chi connectivity index (χ4v) is 2.36. The molecular weight excluding hydrogens is 242 g/mol. The van der Waals surface area contributed by atoms with Gasteiger partial charge in [-0.2, -0.15) is 0 Å². The van der Waals surface area contributed by atoms with Gasteiger partial charge >= 0.3 is 6.03 Å². The van der Waals surface area contributed by atoms with Gasteiger partial charge in [0.2, 0.25) is 0 Å². The third-order valence-electron chi connectivity index (χ3n) is 3.74. The number of hydrogen-bond acceptors (Lipinski definition) is 3. The summed E-state index contributed by atoms with van der Waals surface area (Å²) < 4.78 is 0. The van der Waals surface area contributed by atoms with Crippen LogP contribution in [0, 0.1) is 0 Å². The molecule has 5 heteroatoms. The van der Waals surface area contributed by atoms with Gasteiger partial charge in [0, 0.05) is 18.6 Å². The molecule has 19 heavy (non-hydrogen) atoms. The molecule has 0 bridgehead atoms. The van der Waals surface area contributed by atoms with Crippen molar-refractivity contribution in [2.24, 2.45) is 0 Å². The van der Waals surface area contributed by atoms with Crippen LogP contribution in [0.15, 0.2) is 0 Å². The van der Waals surface area contributed by atoms with E-state index in [9.17, 15) is 4.79 Å². The van der Waals surface area contributed by atoms with Crippen LogP contribution in [-0.2, 0) is 0 Å². The number of nitrogens with one attached hydrogen (secondary N) is 2. The quantitative estimate of drug-likeness (QED) is 0.683. The Balaban J connectivity index is 2.23. The Morgan fingerprint density at radius 1 is 1.26 bits per heavy atom. The highest BCUT2D eigenvalue weighted by Gasteiger charge is 2.28. The summed E-state index contributed by atoms with van der Waals surface area (Å²) in [5, 5.41) is 14.8. The number of urea groups is 1. The van der Waals surface area contributed by atoms with Crippen LogP contribution in [0.5, 0.6) is 0 Å². The molecule has 1 atom stereocenters. The first kappa shape index (κ1) is 16.2. The number of carbonyl (C=O) groups excluding carboxylic acids is 1. The van der Waals surface area contributed by atoms with Crippen molar-refractivity contribution in [3.8, 4) is 0 Å². The van der Waals surface area contributed by atoms with E-state index in [2.05, 4.69) is 29.4 Å². The average molecular weight is 271 g/mol. The largest absolute Gasteiger partial charge is 0.393 e. The van der Waals surface area contributed by atoms with Gasteiger partial charge in [0.1, 0.15) is 0 Å². The Morgan fingerprint density at radius 2 is 1.89 bits per heavy atom. The van der Waals surface area contributed by atoms with E-state index in [-0.39, 0.29) is 17.7 Å². The normalized spacial score (nSPS) is 18.9. The number of carbonyl (C=O) groups is 1. The Morgan fingerprint density at radius 3 is 2.47 bits per heavy atom. The van der Waals surface area contributed by atoms with Crippen molar-refractivity contribution in [2.75, 3.05) is 26.2 Å². The predicted molar refractivity (Wildman–Crippen MR) is 77.2 cm³/mol. The molecule has 1 saturated heterocycles. The Bertz CT molecular complexity index is 274. The summed E-state index contributed by atoms with van der Waals surface area (Å²) in [4.78, 5) is 14.1. The summed E-state index contributed by atoms with van der Waals surface area (Å²) in [6, 6.07) is -0.147. The minimum absolute atomic E-state index is 0.00201. The SMILES string of the molecule is CC(O)CCNC(=O)NCC(C)(C)N1CCCCC1. The van der Waals surface area contributed by atoms with Gasteiger partial charge in [-0.05, 0) is 53.1 Å². The van der Waals surface area contributed by atoms with E-state index < -0.39 is 0 Å². The fraction of sp³-hybridized carbons (Fsp3) is 0.929. The highest BCUT2D eigenvalue weighted by Crippen LogP contribution is 2.19. The summed E-state index contributed by atoms with van der Waals surface area (Å²) in [5.74, 6) is 0. The molecule has 1 aliphatic rings. The zero-order chi connectivity index (χ0) is 14.3. The molecule has 0 aliphatic carbocycles. The monoisotopic (exact) mass is 271 g/mol. The van der Waals surface area contributed by atoms with Crippen LogP contribution in [-0.4, -0.2) is 53.9 Å². The number of hydrogen-bond donors (Lipinski definition) is 3. The Hall–Kier alpha value is -0.810. The van der Waals surface area contributed by atoms with Gasteiger partial charge in [0.05, 0.1) is 6.10 Å². The maximum Gasteiger partial charge on any atom is 0.314 e. The average Bonchev–Trinajstić information content (AvgIpc) is 2.37. The molecule has 0 aromatic carbocycles. The molecule has 3 N–H and O–H groups in total. The smallest absolute Gasteiger partial charge is 0.314 e. The second-order valence-corrected chi connectivity index (χ2v) is 6.11.